The van der Waals surface area contributed by atoms with E-state index in [-0.39, 0.29) is 5.91 Å². The number of amides is 1. The van der Waals surface area contributed by atoms with E-state index in [9.17, 15) is 4.79 Å². The van der Waals surface area contributed by atoms with E-state index in [4.69, 9.17) is 0 Å². The fourth-order valence-electron chi connectivity index (χ4n) is 1.42. The molecule has 1 aromatic carbocycles. The maximum atomic E-state index is 11.6. The van der Waals surface area contributed by atoms with Crippen LogP contribution >= 0.6 is 11.8 Å². The molecule has 0 bridgehead atoms. The van der Waals surface area contributed by atoms with Gasteiger partial charge in [0, 0.05) is 23.8 Å². The molecule has 2 rings (SSSR count). The molecule has 4 heteroatoms. The lowest BCUT2D eigenvalue weighted by Crippen LogP contribution is -2.24. The van der Waals surface area contributed by atoms with Gasteiger partial charge in [-0.1, -0.05) is 18.2 Å². The summed E-state index contributed by atoms with van der Waals surface area (Å²) in [4.78, 5) is 16.7. The van der Waals surface area contributed by atoms with Crippen LogP contribution in [0.25, 0.3) is 0 Å². The fraction of sp³-hybridized carbons (Fsp3) is 0.143. The van der Waals surface area contributed by atoms with Crippen LogP contribution < -0.4 is 5.32 Å². The zero-order chi connectivity index (χ0) is 12.6. The van der Waals surface area contributed by atoms with Gasteiger partial charge < -0.3 is 5.32 Å². The van der Waals surface area contributed by atoms with Crippen molar-refractivity contribution in [2.45, 2.75) is 11.4 Å². The van der Waals surface area contributed by atoms with Crippen LogP contribution in [0.2, 0.25) is 0 Å². The first kappa shape index (κ1) is 12.6. The summed E-state index contributed by atoms with van der Waals surface area (Å²) in [6.07, 6.45) is 3.44. The van der Waals surface area contributed by atoms with Crippen LogP contribution in [0.5, 0.6) is 0 Å². The second-order valence-corrected chi connectivity index (χ2v) is 4.78. The monoisotopic (exact) mass is 258 g/mol. The highest BCUT2D eigenvalue weighted by molar-refractivity contribution is 8.00. The summed E-state index contributed by atoms with van der Waals surface area (Å²) in [7, 11) is 0. The molecule has 0 aliphatic heterocycles. The summed E-state index contributed by atoms with van der Waals surface area (Å²) in [5, 5.41) is 2.88. The van der Waals surface area contributed by atoms with Crippen molar-refractivity contribution in [3.05, 3.63) is 60.4 Å². The Morgan fingerprint density at radius 3 is 2.56 bits per heavy atom. The Labute approximate surface area is 111 Å². The highest BCUT2D eigenvalue weighted by atomic mass is 32.2. The van der Waals surface area contributed by atoms with Crippen LogP contribution in [0.4, 0.5) is 0 Å². The highest BCUT2D eigenvalue weighted by Gasteiger charge is 2.02. The van der Waals surface area contributed by atoms with Crippen molar-refractivity contribution in [3.63, 3.8) is 0 Å². The number of pyridine rings is 1. The molecule has 0 spiro atoms. The normalized spacial score (nSPS) is 10.0. The molecule has 0 atom stereocenters. The molecule has 1 heterocycles. The Balaban J connectivity index is 1.73. The maximum Gasteiger partial charge on any atom is 0.230 e. The van der Waals surface area contributed by atoms with Gasteiger partial charge >= 0.3 is 0 Å². The molecule has 0 unspecified atom stereocenters. The Hall–Kier alpha value is -1.81. The molecular weight excluding hydrogens is 244 g/mol. The summed E-state index contributed by atoms with van der Waals surface area (Å²) in [6.45, 7) is 0.552. The van der Waals surface area contributed by atoms with Crippen LogP contribution in [0.3, 0.4) is 0 Å². The number of nitrogens with zero attached hydrogens (tertiary/aromatic N) is 1. The largest absolute Gasteiger partial charge is 0.351 e. The van der Waals surface area contributed by atoms with Gasteiger partial charge in [0.25, 0.3) is 0 Å². The molecule has 0 radical (unpaired) electrons. The minimum absolute atomic E-state index is 0.0423. The summed E-state index contributed by atoms with van der Waals surface area (Å²) >= 11 is 1.54. The van der Waals surface area contributed by atoms with E-state index in [1.807, 2.05) is 42.5 Å². The molecule has 0 aliphatic carbocycles. The number of carbonyl (C=O) groups excluding carboxylic acids is 1. The predicted octanol–water partition coefficient (Wildman–Crippen LogP) is 2.49. The zero-order valence-corrected chi connectivity index (χ0v) is 10.7. The van der Waals surface area contributed by atoms with Gasteiger partial charge in [-0.25, -0.2) is 0 Å². The van der Waals surface area contributed by atoms with E-state index in [1.54, 1.807) is 12.4 Å². The number of carbonyl (C=O) groups is 1. The maximum absolute atomic E-state index is 11.6. The molecule has 0 fully saturated rings. The molecular formula is C14H14N2OS. The van der Waals surface area contributed by atoms with Gasteiger partial charge in [0.2, 0.25) is 5.91 Å². The average Bonchev–Trinajstić information content (AvgIpc) is 2.45. The molecule has 0 saturated heterocycles. The van der Waals surface area contributed by atoms with Crippen LogP contribution in [0.1, 0.15) is 5.56 Å². The standard InChI is InChI=1S/C14H14N2OS/c17-14(11-18-13-4-2-1-3-5-13)16-10-12-6-8-15-9-7-12/h1-9H,10-11H2,(H,16,17). The highest BCUT2D eigenvalue weighted by Crippen LogP contribution is 2.16. The molecule has 1 aromatic heterocycles. The van der Waals surface area contributed by atoms with Gasteiger partial charge in [0.15, 0.2) is 0 Å². The van der Waals surface area contributed by atoms with Crippen LogP contribution in [-0.2, 0) is 11.3 Å². The van der Waals surface area contributed by atoms with Gasteiger partial charge in [-0.2, -0.15) is 0 Å². The minimum atomic E-state index is 0.0423. The Kier molecular flexibility index (Phi) is 4.78. The number of benzene rings is 1. The van der Waals surface area contributed by atoms with Crippen LogP contribution in [0.15, 0.2) is 59.8 Å². The number of aromatic nitrogens is 1. The Bertz CT molecular complexity index is 442. The second kappa shape index (κ2) is 6.81. The number of hydrogen-bond acceptors (Lipinski definition) is 3. The number of rotatable bonds is 5. The smallest absolute Gasteiger partial charge is 0.230 e. The third-order valence-electron chi connectivity index (χ3n) is 2.35. The molecule has 18 heavy (non-hydrogen) atoms. The number of thioether (sulfide) groups is 1. The molecule has 2 aromatic rings. The molecule has 1 amide bonds. The van der Waals surface area contributed by atoms with Crippen LogP contribution in [-0.4, -0.2) is 16.6 Å². The minimum Gasteiger partial charge on any atom is -0.351 e. The topological polar surface area (TPSA) is 42.0 Å². The molecule has 92 valence electrons. The van der Waals surface area contributed by atoms with E-state index in [0.717, 1.165) is 10.5 Å². The third kappa shape index (κ3) is 4.22. The van der Waals surface area contributed by atoms with Gasteiger partial charge in [0.1, 0.15) is 0 Å². The van der Waals surface area contributed by atoms with Gasteiger partial charge in [-0.05, 0) is 29.8 Å². The molecule has 1 N–H and O–H groups in total. The SMILES string of the molecule is O=C(CSc1ccccc1)NCc1ccncc1. The summed E-state index contributed by atoms with van der Waals surface area (Å²) in [5.41, 5.74) is 1.06. The first-order valence-corrected chi connectivity index (χ1v) is 6.66. The Morgan fingerprint density at radius 2 is 1.83 bits per heavy atom. The van der Waals surface area contributed by atoms with E-state index in [2.05, 4.69) is 10.3 Å². The number of hydrogen-bond donors (Lipinski definition) is 1. The van der Waals surface area contributed by atoms with Gasteiger partial charge in [0.05, 0.1) is 5.75 Å². The fourth-order valence-corrected chi connectivity index (χ4v) is 2.17. The first-order chi connectivity index (χ1) is 8.84. The average molecular weight is 258 g/mol. The quantitative estimate of drug-likeness (QED) is 0.838. The molecule has 0 saturated carbocycles. The molecule has 3 nitrogen and oxygen atoms in total. The van der Waals surface area contributed by atoms with Crippen LogP contribution in [0, 0.1) is 0 Å². The van der Waals surface area contributed by atoms with E-state index in [0.29, 0.717) is 12.3 Å². The lowest BCUT2D eigenvalue weighted by atomic mass is 10.3. The second-order valence-electron chi connectivity index (χ2n) is 3.73. The van der Waals surface area contributed by atoms with Crippen molar-refractivity contribution in [3.8, 4) is 0 Å². The third-order valence-corrected chi connectivity index (χ3v) is 3.36. The summed E-state index contributed by atoms with van der Waals surface area (Å²) in [5.74, 6) is 0.482. The van der Waals surface area contributed by atoms with Crippen molar-refractivity contribution in [2.75, 3.05) is 5.75 Å². The van der Waals surface area contributed by atoms with Crippen molar-refractivity contribution < 1.29 is 4.79 Å². The van der Waals surface area contributed by atoms with Crippen molar-refractivity contribution in [2.24, 2.45) is 0 Å². The van der Waals surface area contributed by atoms with Crippen molar-refractivity contribution >= 4 is 17.7 Å². The zero-order valence-electron chi connectivity index (χ0n) is 9.87. The van der Waals surface area contributed by atoms with Gasteiger partial charge in [-0.3, -0.25) is 9.78 Å². The van der Waals surface area contributed by atoms with E-state index < -0.39 is 0 Å². The predicted molar refractivity (Wildman–Crippen MR) is 73.2 cm³/mol. The lowest BCUT2D eigenvalue weighted by Gasteiger charge is -2.05. The summed E-state index contributed by atoms with van der Waals surface area (Å²) in [6, 6.07) is 13.7. The Morgan fingerprint density at radius 1 is 1.11 bits per heavy atom. The summed E-state index contributed by atoms with van der Waals surface area (Å²) < 4.78 is 0. The number of nitrogens with one attached hydrogen (secondary N) is 1. The molecule has 0 aliphatic rings. The lowest BCUT2D eigenvalue weighted by molar-refractivity contribution is -0.118. The van der Waals surface area contributed by atoms with Crippen molar-refractivity contribution in [1.29, 1.82) is 0 Å². The van der Waals surface area contributed by atoms with E-state index in [1.165, 1.54) is 11.8 Å². The van der Waals surface area contributed by atoms with E-state index >= 15 is 0 Å². The first-order valence-electron chi connectivity index (χ1n) is 5.68. The van der Waals surface area contributed by atoms with Crippen molar-refractivity contribution in [1.82, 2.24) is 10.3 Å². The van der Waals surface area contributed by atoms with Gasteiger partial charge in [-0.15, -0.1) is 11.8 Å².